The molecule has 2 aliphatic heterocycles. The van der Waals surface area contributed by atoms with Crippen LogP contribution < -0.4 is 4.90 Å². The van der Waals surface area contributed by atoms with E-state index in [0.717, 1.165) is 31.7 Å². The van der Waals surface area contributed by atoms with Crippen LogP contribution in [0.1, 0.15) is 25.7 Å². The highest BCUT2D eigenvalue weighted by Crippen LogP contribution is 2.45. The molecule has 1 aromatic carbocycles. The Bertz CT molecular complexity index is 1040. The van der Waals surface area contributed by atoms with E-state index in [2.05, 4.69) is 20.0 Å². The van der Waals surface area contributed by atoms with Gasteiger partial charge in [-0.25, -0.2) is 8.78 Å². The van der Waals surface area contributed by atoms with Crippen molar-refractivity contribution in [3.63, 3.8) is 0 Å². The molecule has 9 heteroatoms. The molecule has 2 fully saturated rings. The molecule has 4 heterocycles. The van der Waals surface area contributed by atoms with Gasteiger partial charge in [-0.15, -0.1) is 0 Å². The van der Waals surface area contributed by atoms with Gasteiger partial charge >= 0.3 is 0 Å². The van der Waals surface area contributed by atoms with E-state index in [1.165, 1.54) is 18.5 Å². The standard InChI is InChI=1S/C19H18ClF2N5O/c1-28-13-7-11-3-4-12(8-13)26(11)18-16(14-5-2-10(21)6-15(14)22)17(20)25-19-23-9-24-27(18)19/h2,5-6,9,11-13H,3-4,7-8H2,1H3/t11-,12+,13?. The second-order valence-corrected chi connectivity index (χ2v) is 7.68. The predicted molar refractivity (Wildman–Crippen MR) is 100 cm³/mol. The van der Waals surface area contributed by atoms with Crippen LogP contribution in [-0.4, -0.2) is 44.9 Å². The third-order valence-electron chi connectivity index (χ3n) is 5.83. The molecule has 2 aromatic heterocycles. The van der Waals surface area contributed by atoms with Gasteiger partial charge < -0.3 is 9.64 Å². The van der Waals surface area contributed by atoms with Gasteiger partial charge in [0.1, 0.15) is 28.9 Å². The lowest BCUT2D eigenvalue weighted by molar-refractivity contribution is 0.0681. The summed E-state index contributed by atoms with van der Waals surface area (Å²) in [6, 6.07) is 3.90. The van der Waals surface area contributed by atoms with E-state index in [-0.39, 0.29) is 28.9 Å². The number of fused-ring (bicyclic) bond motifs is 3. The van der Waals surface area contributed by atoms with Crippen LogP contribution in [0.5, 0.6) is 0 Å². The first-order valence-corrected chi connectivity index (χ1v) is 9.60. The van der Waals surface area contributed by atoms with E-state index in [4.69, 9.17) is 16.3 Å². The van der Waals surface area contributed by atoms with Crippen LogP contribution in [-0.2, 0) is 4.74 Å². The van der Waals surface area contributed by atoms with E-state index < -0.39 is 11.6 Å². The van der Waals surface area contributed by atoms with E-state index >= 15 is 0 Å². The summed E-state index contributed by atoms with van der Waals surface area (Å²) >= 11 is 6.50. The third-order valence-corrected chi connectivity index (χ3v) is 6.10. The molecule has 3 aromatic rings. The number of rotatable bonds is 3. The monoisotopic (exact) mass is 405 g/mol. The second kappa shape index (κ2) is 6.63. The Hall–Kier alpha value is -2.32. The molecule has 2 saturated heterocycles. The lowest BCUT2D eigenvalue weighted by Gasteiger charge is -2.40. The van der Waals surface area contributed by atoms with Gasteiger partial charge in [-0.05, 0) is 37.8 Å². The van der Waals surface area contributed by atoms with Crippen molar-refractivity contribution in [3.8, 4) is 11.1 Å². The molecule has 28 heavy (non-hydrogen) atoms. The Kier molecular flexibility index (Phi) is 4.21. The predicted octanol–water partition coefficient (Wildman–Crippen LogP) is 3.87. The minimum atomic E-state index is -0.691. The highest BCUT2D eigenvalue weighted by Gasteiger charge is 2.43. The van der Waals surface area contributed by atoms with Crippen molar-refractivity contribution in [2.75, 3.05) is 12.0 Å². The molecular weight excluding hydrogens is 388 g/mol. The molecule has 1 unspecified atom stereocenters. The zero-order valence-electron chi connectivity index (χ0n) is 15.1. The van der Waals surface area contributed by atoms with Crippen molar-refractivity contribution in [2.24, 2.45) is 0 Å². The number of hydrogen-bond acceptors (Lipinski definition) is 5. The summed E-state index contributed by atoms with van der Waals surface area (Å²) in [7, 11) is 1.73. The average molecular weight is 406 g/mol. The van der Waals surface area contributed by atoms with Crippen molar-refractivity contribution in [1.29, 1.82) is 0 Å². The Morgan fingerprint density at radius 2 is 1.93 bits per heavy atom. The summed E-state index contributed by atoms with van der Waals surface area (Å²) in [6.45, 7) is 0. The van der Waals surface area contributed by atoms with Gasteiger partial charge in [0.05, 0.1) is 11.7 Å². The molecule has 0 aliphatic carbocycles. The quantitative estimate of drug-likeness (QED) is 0.619. The SMILES string of the molecule is COC1C[C@H]2CC[C@@H](C1)N2c1c(-c2ccc(F)cc2F)c(Cl)nc2ncnn12. The van der Waals surface area contributed by atoms with Gasteiger partial charge in [0.2, 0.25) is 0 Å². The van der Waals surface area contributed by atoms with Crippen molar-refractivity contribution >= 4 is 23.2 Å². The lowest BCUT2D eigenvalue weighted by atomic mass is 9.98. The maximum atomic E-state index is 14.7. The number of halogens is 3. The van der Waals surface area contributed by atoms with Crippen molar-refractivity contribution in [3.05, 3.63) is 41.3 Å². The van der Waals surface area contributed by atoms with Crippen molar-refractivity contribution in [2.45, 2.75) is 43.9 Å². The maximum Gasteiger partial charge on any atom is 0.255 e. The number of benzene rings is 1. The topological polar surface area (TPSA) is 55.5 Å². The summed E-state index contributed by atoms with van der Waals surface area (Å²) < 4.78 is 35.4. The number of anilines is 1. The Morgan fingerprint density at radius 1 is 1.18 bits per heavy atom. The van der Waals surface area contributed by atoms with Gasteiger partial charge in [0.25, 0.3) is 5.78 Å². The van der Waals surface area contributed by atoms with Crippen LogP contribution in [0.2, 0.25) is 5.15 Å². The van der Waals surface area contributed by atoms with E-state index in [0.29, 0.717) is 17.2 Å². The van der Waals surface area contributed by atoms with Crippen molar-refractivity contribution < 1.29 is 13.5 Å². The lowest BCUT2D eigenvalue weighted by Crippen LogP contribution is -2.46. The molecule has 0 saturated carbocycles. The van der Waals surface area contributed by atoms with Gasteiger partial charge in [-0.3, -0.25) is 0 Å². The average Bonchev–Trinajstić information content (AvgIpc) is 3.22. The number of methoxy groups -OCH3 is 1. The molecule has 146 valence electrons. The number of aromatic nitrogens is 4. The van der Waals surface area contributed by atoms with E-state index in [1.807, 2.05) is 0 Å². The maximum absolute atomic E-state index is 14.7. The minimum Gasteiger partial charge on any atom is -0.381 e. The fourth-order valence-corrected chi connectivity index (χ4v) is 4.89. The van der Waals surface area contributed by atoms with Crippen LogP contribution in [0.15, 0.2) is 24.5 Å². The van der Waals surface area contributed by atoms with Gasteiger partial charge in [0, 0.05) is 30.8 Å². The van der Waals surface area contributed by atoms with Crippen LogP contribution in [0.3, 0.4) is 0 Å². The molecule has 6 nitrogen and oxygen atoms in total. The molecule has 0 amide bonds. The number of hydrogen-bond donors (Lipinski definition) is 0. The normalized spacial score (nSPS) is 24.3. The number of nitrogens with zero attached hydrogens (tertiary/aromatic N) is 5. The summed E-state index contributed by atoms with van der Waals surface area (Å²) in [6.07, 6.45) is 5.35. The summed E-state index contributed by atoms with van der Waals surface area (Å²) in [5.74, 6) is -0.335. The van der Waals surface area contributed by atoms with E-state index in [1.54, 1.807) is 11.6 Å². The van der Waals surface area contributed by atoms with Gasteiger partial charge in [-0.2, -0.15) is 19.6 Å². The smallest absolute Gasteiger partial charge is 0.255 e. The van der Waals surface area contributed by atoms with Crippen LogP contribution >= 0.6 is 11.6 Å². The zero-order valence-corrected chi connectivity index (χ0v) is 15.9. The molecule has 0 radical (unpaired) electrons. The molecule has 0 N–H and O–H groups in total. The minimum absolute atomic E-state index is 0.120. The Balaban J connectivity index is 1.75. The molecule has 5 rings (SSSR count). The Morgan fingerprint density at radius 3 is 2.61 bits per heavy atom. The van der Waals surface area contributed by atoms with Gasteiger partial charge in [0.15, 0.2) is 0 Å². The molecule has 0 spiro atoms. The highest BCUT2D eigenvalue weighted by molar-refractivity contribution is 6.33. The zero-order chi connectivity index (χ0) is 19.4. The van der Waals surface area contributed by atoms with Crippen molar-refractivity contribution in [1.82, 2.24) is 19.6 Å². The fourth-order valence-electron chi connectivity index (χ4n) is 4.63. The number of piperidine rings is 1. The molecule has 2 bridgehead atoms. The first-order chi connectivity index (χ1) is 13.6. The molecule has 2 aliphatic rings. The summed E-state index contributed by atoms with van der Waals surface area (Å²) in [4.78, 5) is 10.7. The largest absolute Gasteiger partial charge is 0.381 e. The number of ether oxygens (including phenoxy) is 1. The molecule has 3 atom stereocenters. The Labute approximate surface area is 165 Å². The first-order valence-electron chi connectivity index (χ1n) is 9.22. The van der Waals surface area contributed by atoms with Crippen LogP contribution in [0, 0.1) is 11.6 Å². The second-order valence-electron chi connectivity index (χ2n) is 7.32. The third kappa shape index (κ3) is 2.66. The van der Waals surface area contributed by atoms with Gasteiger partial charge in [-0.1, -0.05) is 11.6 Å². The van der Waals surface area contributed by atoms with Crippen LogP contribution in [0.4, 0.5) is 14.6 Å². The molecular formula is C19H18ClF2N5O. The van der Waals surface area contributed by atoms with Crippen LogP contribution in [0.25, 0.3) is 16.9 Å². The summed E-state index contributed by atoms with van der Waals surface area (Å²) in [5.41, 5.74) is 0.601. The summed E-state index contributed by atoms with van der Waals surface area (Å²) in [5, 5.41) is 4.44. The first kappa shape index (κ1) is 17.8. The van der Waals surface area contributed by atoms with E-state index in [9.17, 15) is 8.78 Å². The fraction of sp³-hybridized carbons (Fsp3) is 0.421. The highest BCUT2D eigenvalue weighted by atomic mass is 35.5.